The first-order valence-corrected chi connectivity index (χ1v) is 4.88. The van der Waals surface area contributed by atoms with Crippen molar-refractivity contribution in [2.45, 2.75) is 39.0 Å². The summed E-state index contributed by atoms with van der Waals surface area (Å²) in [5, 5.41) is 20.7. The second kappa shape index (κ2) is 4.86. The molecule has 0 amide bonds. The maximum Gasteiger partial charge on any atom is 0.0653 e. The van der Waals surface area contributed by atoms with E-state index >= 15 is 0 Å². The van der Waals surface area contributed by atoms with E-state index in [1.165, 1.54) is 6.42 Å². The summed E-state index contributed by atoms with van der Waals surface area (Å²) in [4.78, 5) is 0. The third kappa shape index (κ3) is 2.73. The Bertz CT molecular complexity index is 230. The average Bonchev–Trinajstić information content (AvgIpc) is 2.18. The van der Waals surface area contributed by atoms with Crippen LogP contribution in [0.3, 0.4) is 0 Å². The van der Waals surface area contributed by atoms with Gasteiger partial charge in [0.15, 0.2) is 0 Å². The van der Waals surface area contributed by atoms with Crippen LogP contribution in [0.4, 0.5) is 0 Å². The maximum atomic E-state index is 8.75. The van der Waals surface area contributed by atoms with Crippen molar-refractivity contribution < 1.29 is 5.21 Å². The van der Waals surface area contributed by atoms with E-state index in [4.69, 9.17) is 10.5 Å². The molecule has 0 bridgehead atoms. The highest BCUT2D eigenvalue weighted by molar-refractivity contribution is 5.86. The summed E-state index contributed by atoms with van der Waals surface area (Å²) in [5.41, 5.74) is 0.897. The Hall–Kier alpha value is -1.04. The molecule has 1 rings (SSSR count). The van der Waals surface area contributed by atoms with Gasteiger partial charge in [-0.15, -0.1) is 0 Å². The van der Waals surface area contributed by atoms with E-state index in [-0.39, 0.29) is 5.92 Å². The number of hydrogen-bond acceptors (Lipinski definition) is 3. The monoisotopic (exact) mass is 180 g/mol. The molecule has 13 heavy (non-hydrogen) atoms. The number of rotatable bonds is 2. The Morgan fingerprint density at radius 1 is 1.69 bits per heavy atom. The number of nitriles is 1. The molecule has 0 heterocycles. The molecule has 3 heteroatoms. The molecule has 1 fully saturated rings. The van der Waals surface area contributed by atoms with Gasteiger partial charge in [0.25, 0.3) is 0 Å². The Morgan fingerprint density at radius 3 is 3.08 bits per heavy atom. The molecule has 0 aromatic rings. The van der Waals surface area contributed by atoms with Crippen molar-refractivity contribution in [1.29, 1.82) is 5.26 Å². The minimum atomic E-state index is 0.0693. The molecule has 0 radical (unpaired) electrons. The Labute approximate surface area is 79.1 Å². The molecule has 0 saturated heterocycles. The van der Waals surface area contributed by atoms with Gasteiger partial charge in [-0.25, -0.2) is 0 Å². The standard InChI is InChI=1S/C10H16N2O/c1-8(7-11)6-9-4-2-3-5-10(9)12-13/h8-9,13H,2-6H2,1H3/b12-10+. The van der Waals surface area contributed by atoms with Crippen molar-refractivity contribution in [3.8, 4) is 6.07 Å². The van der Waals surface area contributed by atoms with Crippen molar-refractivity contribution in [2.24, 2.45) is 17.0 Å². The average molecular weight is 180 g/mol. The van der Waals surface area contributed by atoms with E-state index in [1.54, 1.807) is 0 Å². The lowest BCUT2D eigenvalue weighted by Crippen LogP contribution is -2.21. The SMILES string of the molecule is CC(C#N)CC1CCCC/C1=N\O. The lowest BCUT2D eigenvalue weighted by molar-refractivity contribution is 0.306. The maximum absolute atomic E-state index is 8.75. The van der Waals surface area contributed by atoms with Crippen LogP contribution in [0.25, 0.3) is 0 Å². The number of hydrogen-bond donors (Lipinski definition) is 1. The van der Waals surface area contributed by atoms with Crippen LogP contribution in [0.2, 0.25) is 0 Å². The van der Waals surface area contributed by atoms with Crippen LogP contribution in [0.15, 0.2) is 5.16 Å². The van der Waals surface area contributed by atoms with Crippen LogP contribution in [-0.4, -0.2) is 10.9 Å². The molecule has 0 aliphatic heterocycles. The summed E-state index contributed by atoms with van der Waals surface area (Å²) in [6, 6.07) is 2.22. The van der Waals surface area contributed by atoms with Crippen LogP contribution in [0, 0.1) is 23.2 Å². The third-order valence-corrected chi connectivity index (χ3v) is 2.69. The minimum Gasteiger partial charge on any atom is -0.411 e. The highest BCUT2D eigenvalue weighted by Crippen LogP contribution is 2.26. The Kier molecular flexibility index (Phi) is 3.75. The topological polar surface area (TPSA) is 56.4 Å². The second-order valence-corrected chi connectivity index (χ2v) is 3.80. The Balaban J connectivity index is 2.51. The molecular weight excluding hydrogens is 164 g/mol. The first kappa shape index (κ1) is 10.0. The van der Waals surface area contributed by atoms with Gasteiger partial charge in [0, 0.05) is 11.8 Å². The lowest BCUT2D eigenvalue weighted by Gasteiger charge is -2.23. The van der Waals surface area contributed by atoms with E-state index in [1.807, 2.05) is 6.92 Å². The van der Waals surface area contributed by atoms with Gasteiger partial charge in [-0.1, -0.05) is 11.6 Å². The first-order chi connectivity index (χ1) is 6.27. The van der Waals surface area contributed by atoms with E-state index < -0.39 is 0 Å². The van der Waals surface area contributed by atoms with Crippen molar-refractivity contribution in [1.82, 2.24) is 0 Å². The van der Waals surface area contributed by atoms with Crippen molar-refractivity contribution in [3.63, 3.8) is 0 Å². The lowest BCUT2D eigenvalue weighted by atomic mass is 9.82. The highest BCUT2D eigenvalue weighted by Gasteiger charge is 2.22. The van der Waals surface area contributed by atoms with Gasteiger partial charge in [0.05, 0.1) is 11.8 Å². The molecule has 3 nitrogen and oxygen atoms in total. The summed E-state index contributed by atoms with van der Waals surface area (Å²) in [7, 11) is 0. The summed E-state index contributed by atoms with van der Waals surface area (Å²) in [6.07, 6.45) is 5.14. The molecule has 0 aromatic heterocycles. The predicted octanol–water partition coefficient (Wildman–Crippen LogP) is 2.56. The molecule has 2 unspecified atom stereocenters. The number of nitrogens with zero attached hydrogens (tertiary/aromatic N) is 2. The fourth-order valence-corrected chi connectivity index (χ4v) is 1.93. The molecule has 2 atom stereocenters. The minimum absolute atomic E-state index is 0.0693. The van der Waals surface area contributed by atoms with Crippen LogP contribution < -0.4 is 0 Å². The van der Waals surface area contributed by atoms with E-state index in [9.17, 15) is 0 Å². The van der Waals surface area contributed by atoms with Crippen molar-refractivity contribution in [2.75, 3.05) is 0 Å². The molecule has 0 aromatic carbocycles. The molecule has 1 saturated carbocycles. The zero-order valence-corrected chi connectivity index (χ0v) is 8.03. The zero-order valence-electron chi connectivity index (χ0n) is 8.03. The van der Waals surface area contributed by atoms with Gasteiger partial charge >= 0.3 is 0 Å². The van der Waals surface area contributed by atoms with E-state index in [0.717, 1.165) is 31.4 Å². The fourth-order valence-electron chi connectivity index (χ4n) is 1.93. The largest absolute Gasteiger partial charge is 0.411 e. The van der Waals surface area contributed by atoms with Gasteiger partial charge < -0.3 is 5.21 Å². The molecule has 72 valence electrons. The van der Waals surface area contributed by atoms with E-state index in [2.05, 4.69) is 11.2 Å². The van der Waals surface area contributed by atoms with Crippen molar-refractivity contribution >= 4 is 5.71 Å². The second-order valence-electron chi connectivity index (χ2n) is 3.80. The summed E-state index contributed by atoms with van der Waals surface area (Å²) >= 11 is 0. The van der Waals surface area contributed by atoms with Crippen LogP contribution in [-0.2, 0) is 0 Å². The Morgan fingerprint density at radius 2 is 2.46 bits per heavy atom. The van der Waals surface area contributed by atoms with Gasteiger partial charge in [0.2, 0.25) is 0 Å². The smallest absolute Gasteiger partial charge is 0.0653 e. The molecular formula is C10H16N2O. The molecule has 1 N–H and O–H groups in total. The summed E-state index contributed by atoms with van der Waals surface area (Å²) in [5.74, 6) is 0.410. The highest BCUT2D eigenvalue weighted by atomic mass is 16.4. The van der Waals surface area contributed by atoms with Crippen LogP contribution >= 0.6 is 0 Å². The third-order valence-electron chi connectivity index (χ3n) is 2.69. The quantitative estimate of drug-likeness (QED) is 0.524. The summed E-state index contributed by atoms with van der Waals surface area (Å²) < 4.78 is 0. The summed E-state index contributed by atoms with van der Waals surface area (Å²) in [6.45, 7) is 1.92. The number of oxime groups is 1. The van der Waals surface area contributed by atoms with Crippen molar-refractivity contribution in [3.05, 3.63) is 0 Å². The van der Waals surface area contributed by atoms with Gasteiger partial charge in [-0.3, -0.25) is 0 Å². The van der Waals surface area contributed by atoms with Gasteiger partial charge in [0.1, 0.15) is 0 Å². The zero-order chi connectivity index (χ0) is 9.68. The van der Waals surface area contributed by atoms with E-state index in [0.29, 0.717) is 5.92 Å². The molecule has 1 aliphatic carbocycles. The van der Waals surface area contributed by atoms with Gasteiger partial charge in [-0.05, 0) is 32.6 Å². The first-order valence-electron chi connectivity index (χ1n) is 4.88. The normalized spacial score (nSPS) is 28.3. The van der Waals surface area contributed by atoms with Gasteiger partial charge in [-0.2, -0.15) is 5.26 Å². The van der Waals surface area contributed by atoms with Crippen LogP contribution in [0.1, 0.15) is 39.0 Å². The van der Waals surface area contributed by atoms with Crippen LogP contribution in [0.5, 0.6) is 0 Å². The molecule has 1 aliphatic rings. The molecule has 0 spiro atoms. The predicted molar refractivity (Wildman–Crippen MR) is 50.6 cm³/mol. The fraction of sp³-hybridized carbons (Fsp3) is 0.800.